The molecule has 58 heavy (non-hydrogen) atoms. The van der Waals surface area contributed by atoms with Crippen LogP contribution >= 0.6 is 11.3 Å². The fourth-order valence-corrected chi connectivity index (χ4v) is 10.1. The molecule has 0 saturated carbocycles. The van der Waals surface area contributed by atoms with Crippen LogP contribution in [0.5, 0.6) is 0 Å². The van der Waals surface area contributed by atoms with Crippen molar-refractivity contribution in [1.29, 1.82) is 0 Å². The predicted molar refractivity (Wildman–Crippen MR) is 247 cm³/mol. The molecule has 3 nitrogen and oxygen atoms in total. The van der Waals surface area contributed by atoms with Crippen molar-refractivity contribution in [2.45, 2.75) is 0 Å². The predicted octanol–water partition coefficient (Wildman–Crippen LogP) is 15.9. The number of aromatic nitrogens is 1. The van der Waals surface area contributed by atoms with Crippen LogP contribution in [0.3, 0.4) is 0 Å². The van der Waals surface area contributed by atoms with Crippen molar-refractivity contribution in [2.75, 3.05) is 4.90 Å². The van der Waals surface area contributed by atoms with Crippen molar-refractivity contribution in [3.8, 4) is 27.9 Å². The highest BCUT2D eigenvalue weighted by Crippen LogP contribution is 2.45. The second-order valence-electron chi connectivity index (χ2n) is 14.9. The molecule has 0 fully saturated rings. The normalized spacial score (nSPS) is 11.8. The first-order valence-corrected chi connectivity index (χ1v) is 20.5. The van der Waals surface area contributed by atoms with E-state index in [1.165, 1.54) is 53.1 Å². The van der Waals surface area contributed by atoms with Gasteiger partial charge in [-0.1, -0.05) is 127 Å². The number of anilines is 3. The molecule has 0 saturated heterocycles. The Hall–Kier alpha value is -7.40. The van der Waals surface area contributed by atoms with Gasteiger partial charge < -0.3 is 13.9 Å². The maximum atomic E-state index is 6.25. The summed E-state index contributed by atoms with van der Waals surface area (Å²) in [5.74, 6) is 0. The van der Waals surface area contributed by atoms with Gasteiger partial charge in [0, 0.05) is 54.1 Å². The summed E-state index contributed by atoms with van der Waals surface area (Å²) in [6.45, 7) is 0. The van der Waals surface area contributed by atoms with Crippen LogP contribution in [0.4, 0.5) is 17.1 Å². The van der Waals surface area contributed by atoms with Crippen molar-refractivity contribution >= 4 is 92.3 Å². The van der Waals surface area contributed by atoms with Crippen molar-refractivity contribution in [3.05, 3.63) is 206 Å². The Bertz CT molecular complexity index is 3500. The summed E-state index contributed by atoms with van der Waals surface area (Å²) in [6, 6.07) is 74.5. The van der Waals surface area contributed by atoms with Gasteiger partial charge in [-0.25, -0.2) is 0 Å². The van der Waals surface area contributed by atoms with E-state index in [0.717, 1.165) is 55.8 Å². The Kier molecular flexibility index (Phi) is 7.40. The van der Waals surface area contributed by atoms with Gasteiger partial charge in [-0.2, -0.15) is 0 Å². The molecule has 0 radical (unpaired) electrons. The molecular formula is C54H34N2OS. The van der Waals surface area contributed by atoms with Gasteiger partial charge in [0.25, 0.3) is 0 Å². The van der Waals surface area contributed by atoms with Crippen molar-refractivity contribution in [3.63, 3.8) is 0 Å². The standard InChI is InChI=1S/C54H34N2OS/c1-2-11-39(12-3-1)56-48-17-7-4-13-42(48)43-31-25-37(33-50(43)56)35-21-27-40(28-22-35)55(49-18-10-16-47-46-15-6-9-20-53(46)58-54(47)49)41-29-23-36(24-30-41)38-26-32-45-44-14-5-8-19-51(44)57-52(45)34-38/h1-34H. The lowest BCUT2D eigenvalue weighted by Crippen LogP contribution is -2.10. The molecule has 3 heterocycles. The average molecular weight is 759 g/mol. The van der Waals surface area contributed by atoms with E-state index in [1.807, 2.05) is 23.5 Å². The Morgan fingerprint density at radius 2 is 0.948 bits per heavy atom. The molecule has 272 valence electrons. The van der Waals surface area contributed by atoms with Gasteiger partial charge in [-0.3, -0.25) is 0 Å². The number of benzene rings is 9. The zero-order valence-electron chi connectivity index (χ0n) is 31.3. The topological polar surface area (TPSA) is 21.3 Å². The molecule has 0 aliphatic heterocycles. The molecule has 9 aromatic carbocycles. The molecule has 0 N–H and O–H groups in total. The number of para-hydroxylation sites is 3. The molecule has 3 aromatic heterocycles. The smallest absolute Gasteiger partial charge is 0.136 e. The second kappa shape index (κ2) is 13.1. The minimum absolute atomic E-state index is 0.904. The highest BCUT2D eigenvalue weighted by molar-refractivity contribution is 7.26. The van der Waals surface area contributed by atoms with Crippen LogP contribution in [0.1, 0.15) is 0 Å². The number of rotatable bonds is 6. The van der Waals surface area contributed by atoms with Gasteiger partial charge in [-0.15, -0.1) is 11.3 Å². The maximum Gasteiger partial charge on any atom is 0.136 e. The van der Waals surface area contributed by atoms with E-state index < -0.39 is 0 Å². The molecule has 12 aromatic rings. The van der Waals surface area contributed by atoms with E-state index in [-0.39, 0.29) is 0 Å². The zero-order chi connectivity index (χ0) is 38.2. The van der Waals surface area contributed by atoms with E-state index in [1.54, 1.807) is 0 Å². The summed E-state index contributed by atoms with van der Waals surface area (Å²) >= 11 is 1.86. The van der Waals surface area contributed by atoms with Gasteiger partial charge in [0.15, 0.2) is 0 Å². The number of fused-ring (bicyclic) bond motifs is 9. The number of furan rings is 1. The molecule has 0 bridgehead atoms. The van der Waals surface area contributed by atoms with Gasteiger partial charge in [0.2, 0.25) is 0 Å². The van der Waals surface area contributed by atoms with Gasteiger partial charge in [-0.05, 0) is 101 Å². The minimum Gasteiger partial charge on any atom is -0.456 e. The summed E-state index contributed by atoms with van der Waals surface area (Å²) in [5.41, 5.74) is 13.4. The Labute approximate surface area is 338 Å². The third-order valence-electron chi connectivity index (χ3n) is 11.6. The number of hydrogen-bond donors (Lipinski definition) is 0. The first-order chi connectivity index (χ1) is 28.7. The van der Waals surface area contributed by atoms with E-state index in [4.69, 9.17) is 4.42 Å². The monoisotopic (exact) mass is 758 g/mol. The van der Waals surface area contributed by atoms with E-state index in [0.29, 0.717) is 0 Å². The van der Waals surface area contributed by atoms with Crippen LogP contribution in [-0.2, 0) is 0 Å². The van der Waals surface area contributed by atoms with Crippen LogP contribution in [0, 0.1) is 0 Å². The molecule has 4 heteroatoms. The van der Waals surface area contributed by atoms with Crippen LogP contribution in [0.15, 0.2) is 211 Å². The fraction of sp³-hybridized carbons (Fsp3) is 0. The van der Waals surface area contributed by atoms with Crippen LogP contribution in [-0.4, -0.2) is 4.57 Å². The van der Waals surface area contributed by atoms with Gasteiger partial charge in [0.1, 0.15) is 11.2 Å². The van der Waals surface area contributed by atoms with Gasteiger partial charge in [0.05, 0.1) is 21.4 Å². The Balaban J connectivity index is 0.970. The number of thiophene rings is 1. The quantitative estimate of drug-likeness (QED) is 0.168. The SMILES string of the molecule is c1ccc(-n2c3ccccc3c3ccc(-c4ccc(N(c5ccc(-c6ccc7c(c6)oc6ccccc67)cc5)c5cccc6c5sc5ccccc56)cc4)cc32)cc1. The summed E-state index contributed by atoms with van der Waals surface area (Å²) in [7, 11) is 0. The van der Waals surface area contributed by atoms with Crippen molar-refractivity contribution < 1.29 is 4.42 Å². The number of nitrogens with zero attached hydrogens (tertiary/aromatic N) is 2. The summed E-state index contributed by atoms with van der Waals surface area (Å²) < 4.78 is 11.2. The molecule has 0 aliphatic rings. The summed E-state index contributed by atoms with van der Waals surface area (Å²) in [5, 5.41) is 7.36. The summed E-state index contributed by atoms with van der Waals surface area (Å²) in [4.78, 5) is 2.41. The Morgan fingerprint density at radius 3 is 1.72 bits per heavy atom. The molecule has 0 amide bonds. The molecular weight excluding hydrogens is 725 g/mol. The molecule has 0 aliphatic carbocycles. The largest absolute Gasteiger partial charge is 0.456 e. The lowest BCUT2D eigenvalue weighted by Gasteiger charge is -2.26. The van der Waals surface area contributed by atoms with E-state index >= 15 is 0 Å². The first-order valence-electron chi connectivity index (χ1n) is 19.7. The first kappa shape index (κ1) is 32.8. The third kappa shape index (κ3) is 5.19. The van der Waals surface area contributed by atoms with Crippen molar-refractivity contribution in [1.82, 2.24) is 4.57 Å². The maximum absolute atomic E-state index is 6.25. The average Bonchev–Trinajstić information content (AvgIpc) is 3.97. The molecule has 0 spiro atoms. The lowest BCUT2D eigenvalue weighted by atomic mass is 10.0. The van der Waals surface area contributed by atoms with Crippen LogP contribution in [0.25, 0.3) is 91.9 Å². The highest BCUT2D eigenvalue weighted by atomic mass is 32.1. The second-order valence-corrected chi connectivity index (χ2v) is 16.0. The van der Waals surface area contributed by atoms with E-state index in [2.05, 4.69) is 204 Å². The minimum atomic E-state index is 0.904. The molecule has 0 atom stereocenters. The summed E-state index contributed by atoms with van der Waals surface area (Å²) in [6.07, 6.45) is 0. The third-order valence-corrected chi connectivity index (χ3v) is 12.8. The molecule has 12 rings (SSSR count). The van der Waals surface area contributed by atoms with Gasteiger partial charge >= 0.3 is 0 Å². The van der Waals surface area contributed by atoms with Crippen molar-refractivity contribution in [2.24, 2.45) is 0 Å². The zero-order valence-corrected chi connectivity index (χ0v) is 32.2. The lowest BCUT2D eigenvalue weighted by molar-refractivity contribution is 0.669. The van der Waals surface area contributed by atoms with Crippen LogP contribution in [0.2, 0.25) is 0 Å². The number of hydrogen-bond acceptors (Lipinski definition) is 3. The van der Waals surface area contributed by atoms with Crippen LogP contribution < -0.4 is 4.90 Å². The van der Waals surface area contributed by atoms with E-state index in [9.17, 15) is 0 Å². The fourth-order valence-electron chi connectivity index (χ4n) is 8.85. The molecule has 0 unspecified atom stereocenters. The highest BCUT2D eigenvalue weighted by Gasteiger charge is 2.19. The Morgan fingerprint density at radius 1 is 0.379 bits per heavy atom.